The average Bonchev–Trinajstić information content (AvgIpc) is 3.45. The molecule has 0 N–H and O–H groups in total. The molecule has 3 heterocycles. The number of benzene rings is 2. The normalized spacial score (nSPS) is 15.4. The third kappa shape index (κ3) is 4.34. The molecule has 1 aliphatic rings. The van der Waals surface area contributed by atoms with Crippen molar-refractivity contribution in [2.24, 2.45) is 4.99 Å². The van der Waals surface area contributed by atoms with E-state index in [0.29, 0.717) is 26.4 Å². The van der Waals surface area contributed by atoms with Crippen molar-refractivity contribution in [1.29, 1.82) is 0 Å². The molecule has 1 aliphatic heterocycles. The number of thiophene rings is 1. The predicted molar refractivity (Wildman–Crippen MR) is 143 cm³/mol. The number of esters is 1. The summed E-state index contributed by atoms with van der Waals surface area (Å²) in [4.78, 5) is 33.7. The number of ether oxygens (including phenoxy) is 2. The third-order valence-electron chi connectivity index (χ3n) is 5.95. The predicted octanol–water partition coefficient (Wildman–Crippen LogP) is 4.31. The third-order valence-corrected chi connectivity index (χ3v) is 7.90. The average molecular weight is 517 g/mol. The van der Waals surface area contributed by atoms with Crippen molar-refractivity contribution in [3.63, 3.8) is 0 Å². The first-order valence-corrected chi connectivity index (χ1v) is 13.2. The minimum atomic E-state index is -0.725. The van der Waals surface area contributed by atoms with Gasteiger partial charge in [0.25, 0.3) is 5.56 Å². The van der Waals surface area contributed by atoms with Crippen molar-refractivity contribution in [2.75, 3.05) is 13.7 Å². The van der Waals surface area contributed by atoms with E-state index in [-0.39, 0.29) is 12.2 Å². The molecule has 36 heavy (non-hydrogen) atoms. The van der Waals surface area contributed by atoms with Gasteiger partial charge in [-0.2, -0.15) is 0 Å². The van der Waals surface area contributed by atoms with Gasteiger partial charge in [0.15, 0.2) is 4.80 Å². The smallest absolute Gasteiger partial charge is 0.338 e. The minimum Gasteiger partial charge on any atom is -0.497 e. The number of methoxy groups -OCH3 is 1. The number of carbonyl (C=O) groups is 1. The molecule has 0 unspecified atom stereocenters. The first kappa shape index (κ1) is 24.0. The summed E-state index contributed by atoms with van der Waals surface area (Å²) in [5.41, 5.74) is 3.24. The maximum absolute atomic E-state index is 13.8. The fourth-order valence-corrected chi connectivity index (χ4v) is 6.13. The lowest BCUT2D eigenvalue weighted by Crippen LogP contribution is -2.40. The molecule has 0 bridgehead atoms. The summed E-state index contributed by atoms with van der Waals surface area (Å²) in [6.07, 6.45) is 1.91. The second-order valence-corrected chi connectivity index (χ2v) is 10.1. The van der Waals surface area contributed by atoms with Gasteiger partial charge in [-0.1, -0.05) is 53.8 Å². The number of aromatic nitrogens is 1. The standard InChI is InChI=1S/C28H24N2O4S2/c1-4-34-27(32)23-24(18-9-6-5-7-10-18)29-28-30(25(23)19-11-8-12-20(15-19)33-3)26(31)22(36-28)16-21-17(2)13-14-35-21/h5-16,25H,4H2,1-3H3/b22-16-/t25-/m1/s1. The molecule has 0 aliphatic carbocycles. The van der Waals surface area contributed by atoms with E-state index in [1.807, 2.05) is 79.0 Å². The Kier molecular flexibility index (Phi) is 6.71. The Bertz CT molecular complexity index is 1640. The molecule has 0 spiro atoms. The lowest BCUT2D eigenvalue weighted by atomic mass is 9.93. The van der Waals surface area contributed by atoms with Gasteiger partial charge in [0, 0.05) is 10.4 Å². The summed E-state index contributed by atoms with van der Waals surface area (Å²) in [5.74, 6) is 0.126. The van der Waals surface area contributed by atoms with E-state index in [2.05, 4.69) is 0 Å². The summed E-state index contributed by atoms with van der Waals surface area (Å²) in [6.45, 7) is 3.99. The second-order valence-electron chi connectivity index (χ2n) is 8.18. The van der Waals surface area contributed by atoms with Crippen LogP contribution < -0.4 is 19.6 Å². The Hall–Kier alpha value is -3.75. The first-order chi connectivity index (χ1) is 17.5. The fraction of sp³-hybridized carbons (Fsp3) is 0.179. The lowest BCUT2D eigenvalue weighted by molar-refractivity contribution is -0.138. The monoisotopic (exact) mass is 516 g/mol. The number of rotatable bonds is 6. The van der Waals surface area contributed by atoms with Gasteiger partial charge in [-0.05, 0) is 54.6 Å². The van der Waals surface area contributed by atoms with Crippen LogP contribution in [0, 0.1) is 6.92 Å². The Morgan fingerprint density at radius 3 is 2.64 bits per heavy atom. The number of hydrogen-bond donors (Lipinski definition) is 0. The molecule has 0 saturated heterocycles. The molecule has 8 heteroatoms. The summed E-state index contributed by atoms with van der Waals surface area (Å²) >= 11 is 2.90. The Morgan fingerprint density at radius 1 is 1.14 bits per heavy atom. The van der Waals surface area contributed by atoms with Crippen LogP contribution in [0.25, 0.3) is 11.8 Å². The molecule has 0 radical (unpaired) electrons. The molecule has 182 valence electrons. The fourth-order valence-electron chi connectivity index (χ4n) is 4.22. The number of thiazole rings is 1. The van der Waals surface area contributed by atoms with Crippen LogP contribution in [0.2, 0.25) is 0 Å². The summed E-state index contributed by atoms with van der Waals surface area (Å²) in [7, 11) is 1.59. The lowest BCUT2D eigenvalue weighted by Gasteiger charge is -2.26. The van der Waals surface area contributed by atoms with Gasteiger partial charge < -0.3 is 9.47 Å². The van der Waals surface area contributed by atoms with Crippen LogP contribution in [0.15, 0.2) is 81.4 Å². The molecular formula is C28H24N2O4S2. The van der Waals surface area contributed by atoms with E-state index in [4.69, 9.17) is 14.5 Å². The Morgan fingerprint density at radius 2 is 1.94 bits per heavy atom. The first-order valence-electron chi connectivity index (χ1n) is 11.5. The van der Waals surface area contributed by atoms with Crippen molar-refractivity contribution in [2.45, 2.75) is 19.9 Å². The zero-order chi connectivity index (χ0) is 25.2. The molecule has 5 rings (SSSR count). The topological polar surface area (TPSA) is 69.9 Å². The molecule has 0 fully saturated rings. The van der Waals surface area contributed by atoms with Crippen LogP contribution in [0.3, 0.4) is 0 Å². The molecule has 4 aromatic rings. The zero-order valence-corrected chi connectivity index (χ0v) is 21.7. The van der Waals surface area contributed by atoms with Crippen LogP contribution >= 0.6 is 22.7 Å². The van der Waals surface area contributed by atoms with Crippen LogP contribution in [0.5, 0.6) is 5.75 Å². The van der Waals surface area contributed by atoms with E-state index < -0.39 is 12.0 Å². The molecular weight excluding hydrogens is 492 g/mol. The highest BCUT2D eigenvalue weighted by atomic mass is 32.1. The van der Waals surface area contributed by atoms with Crippen LogP contribution in [0.4, 0.5) is 0 Å². The van der Waals surface area contributed by atoms with Crippen molar-refractivity contribution in [1.82, 2.24) is 4.57 Å². The minimum absolute atomic E-state index is 0.201. The molecule has 2 aromatic carbocycles. The molecule has 1 atom stereocenters. The van der Waals surface area contributed by atoms with E-state index in [0.717, 1.165) is 21.6 Å². The summed E-state index contributed by atoms with van der Waals surface area (Å²) < 4.78 is 13.1. The van der Waals surface area contributed by atoms with Gasteiger partial charge in [-0.15, -0.1) is 11.3 Å². The summed E-state index contributed by atoms with van der Waals surface area (Å²) in [6, 6.07) is 18.2. The van der Waals surface area contributed by atoms with Gasteiger partial charge in [-0.3, -0.25) is 9.36 Å². The van der Waals surface area contributed by atoms with Crippen molar-refractivity contribution in [3.8, 4) is 5.75 Å². The van der Waals surface area contributed by atoms with E-state index in [1.165, 1.54) is 11.3 Å². The molecule has 6 nitrogen and oxygen atoms in total. The number of hydrogen-bond acceptors (Lipinski definition) is 7. The highest BCUT2D eigenvalue weighted by molar-refractivity contribution is 7.11. The van der Waals surface area contributed by atoms with Gasteiger partial charge in [0.1, 0.15) is 5.75 Å². The zero-order valence-electron chi connectivity index (χ0n) is 20.1. The number of fused-ring (bicyclic) bond motifs is 1. The van der Waals surface area contributed by atoms with Gasteiger partial charge in [0.2, 0.25) is 0 Å². The van der Waals surface area contributed by atoms with Crippen molar-refractivity contribution >= 4 is 40.4 Å². The van der Waals surface area contributed by atoms with E-state index >= 15 is 0 Å². The SMILES string of the molecule is CCOC(=O)C1=C(c2ccccc2)N=c2s/c(=C\c3sccc3C)c(=O)n2[C@@H]1c1cccc(OC)c1. The van der Waals surface area contributed by atoms with Gasteiger partial charge in [0.05, 0.1) is 35.6 Å². The summed E-state index contributed by atoms with van der Waals surface area (Å²) in [5, 5.41) is 2.00. The van der Waals surface area contributed by atoms with Gasteiger partial charge in [-0.25, -0.2) is 9.79 Å². The Labute approximate surface area is 216 Å². The quantitative estimate of drug-likeness (QED) is 0.358. The van der Waals surface area contributed by atoms with Crippen molar-refractivity contribution < 1.29 is 14.3 Å². The second kappa shape index (κ2) is 10.1. The maximum Gasteiger partial charge on any atom is 0.338 e. The number of carbonyl (C=O) groups excluding carboxylic acids is 1. The van der Waals surface area contributed by atoms with E-state index in [1.54, 1.807) is 29.9 Å². The van der Waals surface area contributed by atoms with Crippen LogP contribution in [-0.4, -0.2) is 24.3 Å². The van der Waals surface area contributed by atoms with Gasteiger partial charge >= 0.3 is 5.97 Å². The van der Waals surface area contributed by atoms with Crippen LogP contribution in [-0.2, 0) is 9.53 Å². The maximum atomic E-state index is 13.8. The van der Waals surface area contributed by atoms with E-state index in [9.17, 15) is 9.59 Å². The van der Waals surface area contributed by atoms with Crippen LogP contribution in [0.1, 0.15) is 34.5 Å². The highest BCUT2D eigenvalue weighted by Gasteiger charge is 2.35. The molecule has 0 saturated carbocycles. The number of aryl methyl sites for hydroxylation is 1. The largest absolute Gasteiger partial charge is 0.497 e. The van der Waals surface area contributed by atoms with Crippen molar-refractivity contribution in [3.05, 3.63) is 113 Å². The number of nitrogens with zero attached hydrogens (tertiary/aromatic N) is 2. The molecule has 0 amide bonds. The molecule has 2 aromatic heterocycles. The highest BCUT2D eigenvalue weighted by Crippen LogP contribution is 2.36. The Balaban J connectivity index is 1.85.